The molecule has 4 heteroatoms. The number of rotatable bonds is 5. The van der Waals surface area contributed by atoms with E-state index in [2.05, 4.69) is 23.3 Å². The number of benzene rings is 1. The van der Waals surface area contributed by atoms with Gasteiger partial charge in [0.1, 0.15) is 0 Å². The van der Waals surface area contributed by atoms with Gasteiger partial charge in [0.15, 0.2) is 0 Å². The molecule has 1 saturated heterocycles. The van der Waals surface area contributed by atoms with Crippen LogP contribution in [0.5, 0.6) is 0 Å². The van der Waals surface area contributed by atoms with Crippen molar-refractivity contribution in [3.05, 3.63) is 23.8 Å². The lowest BCUT2D eigenvalue weighted by molar-refractivity contribution is 0.215. The molecule has 0 aromatic heterocycles. The first-order valence-corrected chi connectivity index (χ1v) is 7.37. The third-order valence-corrected chi connectivity index (χ3v) is 4.13. The summed E-state index contributed by atoms with van der Waals surface area (Å²) in [6, 6.07) is 8.02. The van der Waals surface area contributed by atoms with E-state index in [0.29, 0.717) is 12.1 Å². The second-order valence-electron chi connectivity index (χ2n) is 5.71. The summed E-state index contributed by atoms with van der Waals surface area (Å²) < 4.78 is 0. The standard InChI is InChI=1S/C16H24N4/c1-20-10-6-13(7-11-20)5-9-19-15-2-3-16(18)14(12-15)4-8-17/h2-3,12-13,19H,4-7,9-11,18H2,1H3. The maximum Gasteiger partial charge on any atom is 0.0670 e. The van der Waals surface area contributed by atoms with E-state index >= 15 is 0 Å². The van der Waals surface area contributed by atoms with Crippen LogP contribution in [0.1, 0.15) is 24.8 Å². The molecule has 1 aromatic carbocycles. The van der Waals surface area contributed by atoms with Gasteiger partial charge in [-0.05, 0) is 69.1 Å². The SMILES string of the molecule is CN1CCC(CCNc2ccc(N)c(CC#N)c2)CC1. The van der Waals surface area contributed by atoms with Crippen molar-refractivity contribution >= 4 is 11.4 Å². The average Bonchev–Trinajstić information content (AvgIpc) is 2.45. The number of anilines is 2. The lowest BCUT2D eigenvalue weighted by Crippen LogP contribution is -2.30. The summed E-state index contributed by atoms with van der Waals surface area (Å²) in [6.07, 6.45) is 4.20. The highest BCUT2D eigenvalue weighted by Crippen LogP contribution is 2.21. The predicted octanol–water partition coefficient (Wildman–Crippen LogP) is 2.48. The first-order valence-electron chi connectivity index (χ1n) is 7.37. The Morgan fingerprint density at radius 1 is 1.40 bits per heavy atom. The molecule has 0 amide bonds. The zero-order chi connectivity index (χ0) is 14.4. The van der Waals surface area contributed by atoms with Crippen LogP contribution in [0.15, 0.2) is 18.2 Å². The minimum absolute atomic E-state index is 0.371. The van der Waals surface area contributed by atoms with Crippen molar-refractivity contribution in [2.24, 2.45) is 5.92 Å². The van der Waals surface area contributed by atoms with Crippen LogP contribution in [0.25, 0.3) is 0 Å². The third kappa shape index (κ3) is 4.14. The molecule has 4 nitrogen and oxygen atoms in total. The molecule has 0 unspecified atom stereocenters. The fourth-order valence-corrected chi connectivity index (χ4v) is 2.73. The minimum atomic E-state index is 0.371. The molecule has 0 bridgehead atoms. The third-order valence-electron chi connectivity index (χ3n) is 4.13. The van der Waals surface area contributed by atoms with Gasteiger partial charge in [0.05, 0.1) is 12.5 Å². The van der Waals surface area contributed by atoms with Gasteiger partial charge >= 0.3 is 0 Å². The van der Waals surface area contributed by atoms with Gasteiger partial charge in [-0.1, -0.05) is 0 Å². The molecule has 0 aliphatic carbocycles. The van der Waals surface area contributed by atoms with Gasteiger partial charge in [0.2, 0.25) is 0 Å². The fourth-order valence-electron chi connectivity index (χ4n) is 2.73. The van der Waals surface area contributed by atoms with E-state index in [1.807, 2.05) is 18.2 Å². The van der Waals surface area contributed by atoms with E-state index < -0.39 is 0 Å². The number of hydrogen-bond donors (Lipinski definition) is 2. The largest absolute Gasteiger partial charge is 0.398 e. The van der Waals surface area contributed by atoms with Crippen molar-refractivity contribution in [1.29, 1.82) is 5.26 Å². The summed E-state index contributed by atoms with van der Waals surface area (Å²) in [5.74, 6) is 0.839. The van der Waals surface area contributed by atoms with Gasteiger partial charge in [0.25, 0.3) is 0 Å². The second kappa shape index (κ2) is 7.16. The number of nitrogen functional groups attached to an aromatic ring is 1. The Balaban J connectivity index is 1.79. The number of likely N-dealkylation sites (tertiary alicyclic amines) is 1. The molecule has 0 spiro atoms. The Morgan fingerprint density at radius 3 is 2.85 bits per heavy atom. The quantitative estimate of drug-likeness (QED) is 0.808. The fraction of sp³-hybridized carbons (Fsp3) is 0.562. The summed E-state index contributed by atoms with van der Waals surface area (Å²) in [4.78, 5) is 2.40. The van der Waals surface area contributed by atoms with Gasteiger partial charge in [-0.15, -0.1) is 0 Å². The van der Waals surface area contributed by atoms with E-state index in [0.717, 1.165) is 23.7 Å². The van der Waals surface area contributed by atoms with Gasteiger partial charge in [0, 0.05) is 17.9 Å². The Morgan fingerprint density at radius 2 is 2.15 bits per heavy atom. The molecular weight excluding hydrogens is 248 g/mol. The normalized spacial score (nSPS) is 16.8. The van der Waals surface area contributed by atoms with Gasteiger partial charge in [-0.3, -0.25) is 0 Å². The molecule has 1 aromatic rings. The lowest BCUT2D eigenvalue weighted by Gasteiger charge is -2.29. The van der Waals surface area contributed by atoms with Crippen molar-refractivity contribution in [3.63, 3.8) is 0 Å². The van der Waals surface area contributed by atoms with Gasteiger partial charge in [-0.25, -0.2) is 0 Å². The first kappa shape index (κ1) is 14.7. The molecule has 2 rings (SSSR count). The highest BCUT2D eigenvalue weighted by Gasteiger charge is 2.15. The molecule has 108 valence electrons. The molecule has 1 heterocycles. The summed E-state index contributed by atoms with van der Waals surface area (Å²) in [6.45, 7) is 3.43. The van der Waals surface area contributed by atoms with Crippen molar-refractivity contribution in [1.82, 2.24) is 4.90 Å². The number of nitriles is 1. The number of nitrogens with two attached hydrogens (primary N) is 1. The van der Waals surface area contributed by atoms with E-state index in [4.69, 9.17) is 11.0 Å². The van der Waals surface area contributed by atoms with Crippen LogP contribution < -0.4 is 11.1 Å². The van der Waals surface area contributed by atoms with E-state index in [1.54, 1.807) is 0 Å². The molecule has 1 aliphatic rings. The summed E-state index contributed by atoms with van der Waals surface area (Å²) in [7, 11) is 2.19. The van der Waals surface area contributed by atoms with Crippen LogP contribution in [0.3, 0.4) is 0 Å². The number of nitrogens with one attached hydrogen (secondary N) is 1. The van der Waals surface area contributed by atoms with Crippen LogP contribution in [-0.4, -0.2) is 31.6 Å². The average molecular weight is 272 g/mol. The van der Waals surface area contributed by atoms with Crippen LogP contribution in [0.4, 0.5) is 11.4 Å². The monoisotopic (exact) mass is 272 g/mol. The Labute approximate surface area is 121 Å². The second-order valence-corrected chi connectivity index (χ2v) is 5.71. The lowest BCUT2D eigenvalue weighted by atomic mass is 9.94. The van der Waals surface area contributed by atoms with Crippen molar-refractivity contribution in [3.8, 4) is 6.07 Å². The Bertz CT molecular complexity index is 470. The zero-order valence-electron chi connectivity index (χ0n) is 12.2. The minimum Gasteiger partial charge on any atom is -0.398 e. The highest BCUT2D eigenvalue weighted by molar-refractivity contribution is 5.57. The van der Waals surface area contributed by atoms with Crippen molar-refractivity contribution < 1.29 is 0 Å². The summed E-state index contributed by atoms with van der Waals surface area (Å²) in [5, 5.41) is 12.2. The Kier molecular flexibility index (Phi) is 5.25. The summed E-state index contributed by atoms with van der Waals surface area (Å²) in [5.41, 5.74) is 8.53. The molecule has 0 atom stereocenters. The molecule has 1 aliphatic heterocycles. The van der Waals surface area contributed by atoms with Crippen LogP contribution in [0.2, 0.25) is 0 Å². The van der Waals surface area contributed by atoms with E-state index in [-0.39, 0.29) is 0 Å². The van der Waals surface area contributed by atoms with Crippen molar-refractivity contribution in [2.75, 3.05) is 37.7 Å². The summed E-state index contributed by atoms with van der Waals surface area (Å²) >= 11 is 0. The van der Waals surface area contributed by atoms with E-state index in [1.165, 1.54) is 32.4 Å². The van der Waals surface area contributed by atoms with Gasteiger partial charge in [-0.2, -0.15) is 5.26 Å². The molecule has 0 saturated carbocycles. The highest BCUT2D eigenvalue weighted by atomic mass is 15.1. The molecule has 0 radical (unpaired) electrons. The zero-order valence-corrected chi connectivity index (χ0v) is 12.2. The Hall–Kier alpha value is -1.73. The van der Waals surface area contributed by atoms with Crippen LogP contribution >= 0.6 is 0 Å². The predicted molar refractivity (Wildman–Crippen MR) is 83.5 cm³/mol. The molecule has 3 N–H and O–H groups in total. The van der Waals surface area contributed by atoms with Crippen molar-refractivity contribution in [2.45, 2.75) is 25.7 Å². The topological polar surface area (TPSA) is 65.1 Å². The molecule has 20 heavy (non-hydrogen) atoms. The number of piperidine rings is 1. The maximum atomic E-state index is 8.77. The van der Waals surface area contributed by atoms with Gasteiger partial charge < -0.3 is 16.0 Å². The smallest absolute Gasteiger partial charge is 0.0670 e. The molecular formula is C16H24N4. The van der Waals surface area contributed by atoms with E-state index in [9.17, 15) is 0 Å². The maximum absolute atomic E-state index is 8.77. The number of nitrogens with zero attached hydrogens (tertiary/aromatic N) is 2. The first-order chi connectivity index (χ1) is 9.69. The van der Waals surface area contributed by atoms with Crippen LogP contribution in [0, 0.1) is 17.2 Å². The molecule has 1 fully saturated rings. The number of hydrogen-bond acceptors (Lipinski definition) is 4. The van der Waals surface area contributed by atoms with Crippen LogP contribution in [-0.2, 0) is 6.42 Å².